The third-order valence-electron chi connectivity index (χ3n) is 2.99. The lowest BCUT2D eigenvalue weighted by Gasteiger charge is -2.08. The van der Waals surface area contributed by atoms with Crippen LogP contribution in [0.5, 0.6) is 0 Å². The molecule has 0 atom stereocenters. The normalized spacial score (nSPS) is 10.3. The summed E-state index contributed by atoms with van der Waals surface area (Å²) >= 11 is 3.40. The Morgan fingerprint density at radius 3 is 2.37 bits per heavy atom. The maximum atomic E-state index is 12.2. The predicted molar refractivity (Wildman–Crippen MR) is 82.9 cm³/mol. The van der Waals surface area contributed by atoms with Gasteiger partial charge in [0.15, 0.2) is 0 Å². The number of halogens is 1. The highest BCUT2D eigenvalue weighted by Gasteiger charge is 2.09. The highest BCUT2D eigenvalue weighted by atomic mass is 79.9. The Morgan fingerprint density at radius 1 is 1.11 bits per heavy atom. The molecule has 0 saturated carbocycles. The second-order valence-corrected chi connectivity index (χ2v) is 5.16. The van der Waals surface area contributed by atoms with Crippen molar-refractivity contribution in [2.45, 2.75) is 19.2 Å². The molecule has 0 aromatic heterocycles. The number of anilines is 1. The smallest absolute Gasteiger partial charge is 0.255 e. The zero-order valence-corrected chi connectivity index (χ0v) is 12.6. The van der Waals surface area contributed by atoms with Crippen LogP contribution < -0.4 is 5.32 Å². The van der Waals surface area contributed by atoms with Crippen molar-refractivity contribution in [3.63, 3.8) is 0 Å². The van der Waals surface area contributed by atoms with Gasteiger partial charge in [0.1, 0.15) is 0 Å². The van der Waals surface area contributed by atoms with Crippen molar-refractivity contribution in [3.05, 3.63) is 64.7 Å². The molecular weight excluding hydrogens is 302 g/mol. The summed E-state index contributed by atoms with van der Waals surface area (Å²) in [7, 11) is 0. The van der Waals surface area contributed by atoms with Crippen molar-refractivity contribution in [2.24, 2.45) is 0 Å². The molecule has 0 aliphatic carbocycles. The average Bonchev–Trinajstić information content (AvgIpc) is 2.39. The number of carbonyl (C=O) groups is 1. The van der Waals surface area contributed by atoms with Crippen LogP contribution in [-0.4, -0.2) is 5.91 Å². The number of aryl methyl sites for hydroxylation is 2. The Hall–Kier alpha value is -1.61. The van der Waals surface area contributed by atoms with Gasteiger partial charge in [-0.15, -0.1) is 0 Å². The van der Waals surface area contributed by atoms with E-state index in [4.69, 9.17) is 0 Å². The largest absolute Gasteiger partial charge is 0.322 e. The number of hydrogen-bond acceptors (Lipinski definition) is 1. The maximum absolute atomic E-state index is 12.2. The molecule has 0 radical (unpaired) electrons. The van der Waals surface area contributed by atoms with E-state index in [-0.39, 0.29) is 5.91 Å². The van der Waals surface area contributed by atoms with Gasteiger partial charge < -0.3 is 5.32 Å². The molecule has 0 saturated heterocycles. The molecule has 0 spiro atoms. The zero-order valence-electron chi connectivity index (χ0n) is 11.0. The van der Waals surface area contributed by atoms with Crippen LogP contribution in [0.1, 0.15) is 27.0 Å². The van der Waals surface area contributed by atoms with Gasteiger partial charge in [-0.05, 0) is 43.2 Å². The summed E-state index contributed by atoms with van der Waals surface area (Å²) in [5, 5.41) is 3.73. The molecule has 0 aliphatic heterocycles. The minimum Gasteiger partial charge on any atom is -0.322 e. The van der Waals surface area contributed by atoms with Crippen LogP contribution in [0, 0.1) is 13.8 Å². The van der Waals surface area contributed by atoms with E-state index in [1.165, 1.54) is 5.56 Å². The van der Waals surface area contributed by atoms with Gasteiger partial charge in [-0.2, -0.15) is 0 Å². The number of carbonyl (C=O) groups excluding carboxylic acids is 1. The fraction of sp³-hybridized carbons (Fsp3) is 0.188. The average molecular weight is 318 g/mol. The summed E-state index contributed by atoms with van der Waals surface area (Å²) in [5.74, 6) is -0.0657. The van der Waals surface area contributed by atoms with Crippen molar-refractivity contribution < 1.29 is 4.79 Å². The lowest BCUT2D eigenvalue weighted by molar-refractivity contribution is 0.102. The van der Waals surface area contributed by atoms with E-state index >= 15 is 0 Å². The summed E-state index contributed by atoms with van der Waals surface area (Å²) in [6.45, 7) is 3.98. The number of nitrogens with one attached hydrogen (secondary N) is 1. The summed E-state index contributed by atoms with van der Waals surface area (Å²) in [6.07, 6.45) is 0. The minimum atomic E-state index is -0.0657. The molecule has 0 heterocycles. The summed E-state index contributed by atoms with van der Waals surface area (Å²) < 4.78 is 0. The van der Waals surface area contributed by atoms with Crippen LogP contribution in [0.25, 0.3) is 0 Å². The Balaban J connectivity index is 2.15. The Kier molecular flexibility index (Phi) is 4.38. The highest BCUT2D eigenvalue weighted by molar-refractivity contribution is 9.08. The fourth-order valence-corrected chi connectivity index (χ4v) is 2.32. The van der Waals surface area contributed by atoms with Crippen LogP contribution in [0.2, 0.25) is 0 Å². The first kappa shape index (κ1) is 13.8. The maximum Gasteiger partial charge on any atom is 0.255 e. The van der Waals surface area contributed by atoms with E-state index in [0.717, 1.165) is 27.7 Å². The molecular formula is C16H16BrNO. The van der Waals surface area contributed by atoms with Crippen LogP contribution in [-0.2, 0) is 5.33 Å². The fourth-order valence-electron chi connectivity index (χ4n) is 1.94. The van der Waals surface area contributed by atoms with Crippen molar-refractivity contribution >= 4 is 27.5 Å². The van der Waals surface area contributed by atoms with Crippen LogP contribution in [0.3, 0.4) is 0 Å². The lowest BCUT2D eigenvalue weighted by Crippen LogP contribution is -2.13. The Labute approximate surface area is 122 Å². The van der Waals surface area contributed by atoms with Crippen LogP contribution >= 0.6 is 15.9 Å². The lowest BCUT2D eigenvalue weighted by atomic mass is 10.1. The van der Waals surface area contributed by atoms with E-state index < -0.39 is 0 Å². The second-order valence-electron chi connectivity index (χ2n) is 4.60. The van der Waals surface area contributed by atoms with Gasteiger partial charge in [-0.1, -0.05) is 45.8 Å². The monoisotopic (exact) mass is 317 g/mol. The van der Waals surface area contributed by atoms with E-state index in [0.29, 0.717) is 0 Å². The van der Waals surface area contributed by atoms with Crippen LogP contribution in [0.4, 0.5) is 5.69 Å². The molecule has 2 aromatic carbocycles. The molecule has 19 heavy (non-hydrogen) atoms. The number of benzene rings is 2. The van der Waals surface area contributed by atoms with Crippen molar-refractivity contribution in [1.82, 2.24) is 0 Å². The molecule has 0 fully saturated rings. The summed E-state index contributed by atoms with van der Waals surface area (Å²) in [6, 6.07) is 13.7. The number of rotatable bonds is 3. The topological polar surface area (TPSA) is 29.1 Å². The molecule has 3 heteroatoms. The van der Waals surface area contributed by atoms with E-state index in [9.17, 15) is 4.79 Å². The van der Waals surface area contributed by atoms with Gasteiger partial charge in [0, 0.05) is 16.6 Å². The van der Waals surface area contributed by atoms with Gasteiger partial charge in [0.25, 0.3) is 5.91 Å². The predicted octanol–water partition coefficient (Wildman–Crippen LogP) is 4.45. The molecule has 1 N–H and O–H groups in total. The van der Waals surface area contributed by atoms with Crippen molar-refractivity contribution in [2.75, 3.05) is 5.32 Å². The van der Waals surface area contributed by atoms with Gasteiger partial charge >= 0.3 is 0 Å². The third-order valence-corrected chi connectivity index (χ3v) is 3.64. The molecule has 2 rings (SSSR count). The van der Waals surface area contributed by atoms with E-state index in [1.54, 1.807) is 0 Å². The molecule has 0 bridgehead atoms. The van der Waals surface area contributed by atoms with Gasteiger partial charge in [-0.25, -0.2) is 0 Å². The standard InChI is InChI=1S/C16H16BrNO/c1-11-3-8-15(12(2)9-11)16(19)18-14-6-4-13(10-17)5-7-14/h3-9H,10H2,1-2H3,(H,18,19). The first-order valence-electron chi connectivity index (χ1n) is 6.13. The van der Waals surface area contributed by atoms with E-state index in [1.807, 2.05) is 56.3 Å². The Morgan fingerprint density at radius 2 is 1.79 bits per heavy atom. The van der Waals surface area contributed by atoms with Gasteiger partial charge in [-0.3, -0.25) is 4.79 Å². The summed E-state index contributed by atoms with van der Waals surface area (Å²) in [4.78, 5) is 12.2. The SMILES string of the molecule is Cc1ccc(C(=O)Nc2ccc(CBr)cc2)c(C)c1. The van der Waals surface area contributed by atoms with Gasteiger partial charge in [0.2, 0.25) is 0 Å². The number of alkyl halides is 1. The second kappa shape index (κ2) is 6.02. The van der Waals surface area contributed by atoms with Crippen LogP contribution in [0.15, 0.2) is 42.5 Å². The number of hydrogen-bond donors (Lipinski definition) is 1. The minimum absolute atomic E-state index is 0.0657. The Bertz CT molecular complexity index is 590. The molecule has 2 nitrogen and oxygen atoms in total. The van der Waals surface area contributed by atoms with Crippen molar-refractivity contribution in [1.29, 1.82) is 0 Å². The quantitative estimate of drug-likeness (QED) is 0.832. The van der Waals surface area contributed by atoms with Gasteiger partial charge in [0.05, 0.1) is 0 Å². The molecule has 0 unspecified atom stereocenters. The molecule has 1 amide bonds. The number of amides is 1. The van der Waals surface area contributed by atoms with E-state index in [2.05, 4.69) is 21.2 Å². The molecule has 2 aromatic rings. The third kappa shape index (κ3) is 3.44. The van der Waals surface area contributed by atoms with Crippen molar-refractivity contribution in [3.8, 4) is 0 Å². The summed E-state index contributed by atoms with van der Waals surface area (Å²) in [5.41, 5.74) is 4.87. The first-order chi connectivity index (χ1) is 9.10. The molecule has 98 valence electrons. The zero-order chi connectivity index (χ0) is 13.8. The molecule has 0 aliphatic rings. The highest BCUT2D eigenvalue weighted by Crippen LogP contribution is 2.15. The first-order valence-corrected chi connectivity index (χ1v) is 7.26.